The van der Waals surface area contributed by atoms with Crippen LogP contribution in [0.15, 0.2) is 46.9 Å². The molecule has 1 atom stereocenters. The molecule has 1 saturated carbocycles. The predicted molar refractivity (Wildman–Crippen MR) is 163 cm³/mol. The van der Waals surface area contributed by atoms with E-state index in [1.807, 2.05) is 11.8 Å². The molecule has 6 rings (SSSR count). The SMILES string of the molecule is C=CC(=O)N1CCN(c2nc(=O)n(-c3c(S(C)(=O)=O)ccnc3C3CCC3)c3nc(-c4c(N)cnn4C)c(F)cc23)[C@@H](C)C1. The van der Waals surface area contributed by atoms with Gasteiger partial charge in [0.15, 0.2) is 21.3 Å². The molecule has 4 aromatic heterocycles. The Balaban J connectivity index is 1.68. The number of hydrogen-bond acceptors (Lipinski definition) is 10. The zero-order chi connectivity index (χ0) is 31.5. The van der Waals surface area contributed by atoms with Crippen molar-refractivity contribution < 1.29 is 17.6 Å². The number of anilines is 2. The molecule has 4 aromatic rings. The van der Waals surface area contributed by atoms with Gasteiger partial charge >= 0.3 is 5.69 Å². The predicted octanol–water partition coefficient (Wildman–Crippen LogP) is 2.19. The van der Waals surface area contributed by atoms with E-state index in [-0.39, 0.29) is 62.4 Å². The minimum atomic E-state index is -3.86. The Labute approximate surface area is 252 Å². The summed E-state index contributed by atoms with van der Waals surface area (Å²) in [6.45, 7) is 6.38. The van der Waals surface area contributed by atoms with E-state index in [0.717, 1.165) is 30.1 Å². The Bertz CT molecular complexity index is 1980. The normalized spacial score (nSPS) is 17.6. The fraction of sp³-hybridized carbons (Fsp3) is 0.379. The summed E-state index contributed by atoms with van der Waals surface area (Å²) in [5, 5.41) is 4.30. The highest BCUT2D eigenvalue weighted by Gasteiger charge is 2.33. The number of hydrogen-bond donors (Lipinski definition) is 1. The average molecular weight is 622 g/mol. The van der Waals surface area contributed by atoms with E-state index >= 15 is 4.39 Å². The van der Waals surface area contributed by atoms with Gasteiger partial charge in [-0.1, -0.05) is 13.0 Å². The number of nitrogens with two attached hydrogens (primary N) is 1. The number of aryl methyl sites for hydroxylation is 1. The number of carbonyl (C=O) groups is 1. The molecule has 15 heteroatoms. The number of pyridine rings is 2. The second-order valence-corrected chi connectivity index (χ2v) is 13.3. The number of amides is 1. The van der Waals surface area contributed by atoms with Crippen LogP contribution in [0.1, 0.15) is 37.8 Å². The molecule has 13 nitrogen and oxygen atoms in total. The molecule has 1 amide bonds. The van der Waals surface area contributed by atoms with E-state index in [9.17, 15) is 18.0 Å². The number of aromatic nitrogens is 6. The fourth-order valence-electron chi connectivity index (χ4n) is 5.99. The molecule has 2 fully saturated rings. The van der Waals surface area contributed by atoms with Crippen LogP contribution in [0.2, 0.25) is 0 Å². The zero-order valence-electron chi connectivity index (χ0n) is 24.6. The number of piperazine rings is 1. The van der Waals surface area contributed by atoms with Crippen molar-refractivity contribution >= 4 is 38.3 Å². The Hall–Kier alpha value is -4.66. The van der Waals surface area contributed by atoms with Crippen molar-refractivity contribution in [3.8, 4) is 17.1 Å². The molecule has 0 spiro atoms. The van der Waals surface area contributed by atoms with E-state index in [4.69, 9.17) is 5.73 Å². The lowest BCUT2D eigenvalue weighted by molar-refractivity contribution is -0.126. The molecule has 0 aromatic carbocycles. The largest absolute Gasteiger partial charge is 0.396 e. The first-order valence-corrected chi connectivity index (χ1v) is 16.1. The van der Waals surface area contributed by atoms with Gasteiger partial charge in [-0.25, -0.2) is 27.2 Å². The van der Waals surface area contributed by atoms with Crippen molar-refractivity contribution in [3.05, 3.63) is 59.2 Å². The molecule has 1 aliphatic carbocycles. The molecule has 2 aliphatic rings. The van der Waals surface area contributed by atoms with Crippen LogP contribution in [0.5, 0.6) is 0 Å². The highest BCUT2D eigenvalue weighted by atomic mass is 32.2. The summed E-state index contributed by atoms with van der Waals surface area (Å²) in [4.78, 5) is 43.4. The zero-order valence-corrected chi connectivity index (χ0v) is 25.4. The van der Waals surface area contributed by atoms with Crippen LogP contribution in [0.25, 0.3) is 28.1 Å². The van der Waals surface area contributed by atoms with Gasteiger partial charge in [0.05, 0.1) is 33.5 Å². The number of carbonyl (C=O) groups excluding carboxylic acids is 1. The van der Waals surface area contributed by atoms with E-state index in [1.165, 1.54) is 35.3 Å². The molecule has 44 heavy (non-hydrogen) atoms. The summed E-state index contributed by atoms with van der Waals surface area (Å²) in [6.07, 6.45) is 7.58. The number of nitrogen functional groups attached to an aromatic ring is 1. The molecular weight excluding hydrogens is 589 g/mol. The summed E-state index contributed by atoms with van der Waals surface area (Å²) < 4.78 is 44.7. The third-order valence-corrected chi connectivity index (χ3v) is 9.54. The van der Waals surface area contributed by atoms with Gasteiger partial charge in [-0.05, 0) is 38.0 Å². The van der Waals surface area contributed by atoms with Crippen molar-refractivity contribution in [1.82, 2.24) is 34.2 Å². The van der Waals surface area contributed by atoms with Gasteiger partial charge in [0.25, 0.3) is 0 Å². The Morgan fingerprint density at radius 2 is 1.98 bits per heavy atom. The molecule has 1 saturated heterocycles. The molecule has 0 unspecified atom stereocenters. The highest BCUT2D eigenvalue weighted by molar-refractivity contribution is 7.90. The Morgan fingerprint density at radius 1 is 1.23 bits per heavy atom. The van der Waals surface area contributed by atoms with Crippen molar-refractivity contribution in [2.24, 2.45) is 7.05 Å². The number of halogens is 1. The third-order valence-electron chi connectivity index (χ3n) is 8.41. The molecular formula is C29H32FN9O4S. The number of fused-ring (bicyclic) bond motifs is 1. The summed E-state index contributed by atoms with van der Waals surface area (Å²) >= 11 is 0. The summed E-state index contributed by atoms with van der Waals surface area (Å²) in [5.74, 6) is -0.853. The van der Waals surface area contributed by atoms with E-state index in [2.05, 4.69) is 26.6 Å². The lowest BCUT2D eigenvalue weighted by atomic mass is 9.82. The summed E-state index contributed by atoms with van der Waals surface area (Å²) in [6, 6.07) is 2.28. The van der Waals surface area contributed by atoms with Crippen LogP contribution in [0.4, 0.5) is 15.9 Å². The van der Waals surface area contributed by atoms with E-state index in [1.54, 1.807) is 11.9 Å². The topological polar surface area (TPSA) is 162 Å². The number of sulfone groups is 1. The quantitative estimate of drug-likeness (QED) is 0.316. The van der Waals surface area contributed by atoms with Crippen molar-refractivity contribution in [2.75, 3.05) is 36.5 Å². The molecule has 0 radical (unpaired) electrons. The van der Waals surface area contributed by atoms with E-state index < -0.39 is 21.3 Å². The Kier molecular flexibility index (Phi) is 7.22. The van der Waals surface area contributed by atoms with E-state index in [0.29, 0.717) is 25.3 Å². The highest BCUT2D eigenvalue weighted by Crippen LogP contribution is 2.41. The van der Waals surface area contributed by atoms with Crippen LogP contribution >= 0.6 is 0 Å². The van der Waals surface area contributed by atoms with Gasteiger partial charge in [-0.3, -0.25) is 14.5 Å². The van der Waals surface area contributed by atoms with Crippen LogP contribution in [0, 0.1) is 5.82 Å². The van der Waals surface area contributed by atoms with Crippen LogP contribution in [-0.4, -0.2) is 80.5 Å². The van der Waals surface area contributed by atoms with Crippen molar-refractivity contribution in [2.45, 2.75) is 43.0 Å². The van der Waals surface area contributed by atoms with Crippen LogP contribution in [0.3, 0.4) is 0 Å². The lowest BCUT2D eigenvalue weighted by Crippen LogP contribution is -2.54. The smallest absolute Gasteiger partial charge is 0.355 e. The maximum Gasteiger partial charge on any atom is 0.355 e. The first-order chi connectivity index (χ1) is 20.9. The molecule has 0 bridgehead atoms. The minimum absolute atomic E-state index is 0.00716. The maximum absolute atomic E-state index is 16.0. The second kappa shape index (κ2) is 10.8. The number of rotatable bonds is 6. The van der Waals surface area contributed by atoms with Gasteiger partial charge in [0, 0.05) is 51.1 Å². The first-order valence-electron chi connectivity index (χ1n) is 14.2. The van der Waals surface area contributed by atoms with Gasteiger partial charge in [-0.15, -0.1) is 0 Å². The van der Waals surface area contributed by atoms with Gasteiger partial charge < -0.3 is 15.5 Å². The maximum atomic E-state index is 16.0. The third kappa shape index (κ3) is 4.80. The van der Waals surface area contributed by atoms with Crippen LogP contribution < -0.4 is 16.3 Å². The molecule has 1 aliphatic heterocycles. The lowest BCUT2D eigenvalue weighted by Gasteiger charge is -2.40. The average Bonchev–Trinajstić information content (AvgIpc) is 3.28. The van der Waals surface area contributed by atoms with Gasteiger partial charge in [0.1, 0.15) is 17.2 Å². The standard InChI is InChI=1S/C29H32FN9O4S/c1-5-22(40)37-11-12-38(16(2)15-37)27-18-13-19(30)24(25-20(31)14-33-36(25)3)34-28(18)39(29(41)35-27)26-21(44(4,42)43)9-10-32-23(26)17-7-6-8-17/h5,9-10,13-14,16-17H,1,6-8,11-12,15,31H2,2-4H3/t16-/m0/s1. The monoisotopic (exact) mass is 621 g/mol. The molecule has 230 valence electrons. The second-order valence-electron chi connectivity index (χ2n) is 11.3. The minimum Gasteiger partial charge on any atom is -0.396 e. The summed E-state index contributed by atoms with van der Waals surface area (Å²) in [7, 11) is -2.27. The fourth-order valence-corrected chi connectivity index (χ4v) is 6.85. The van der Waals surface area contributed by atoms with Gasteiger partial charge in [0.2, 0.25) is 5.91 Å². The first kappa shape index (κ1) is 29.4. The Morgan fingerprint density at radius 3 is 2.57 bits per heavy atom. The summed E-state index contributed by atoms with van der Waals surface area (Å²) in [5.41, 5.74) is 6.04. The van der Waals surface area contributed by atoms with Gasteiger partial charge in [-0.2, -0.15) is 10.1 Å². The molecule has 5 heterocycles. The molecule has 2 N–H and O–H groups in total. The van der Waals surface area contributed by atoms with Crippen LogP contribution in [-0.2, 0) is 21.7 Å². The van der Waals surface area contributed by atoms with Crippen molar-refractivity contribution in [3.63, 3.8) is 0 Å². The number of nitrogens with zero attached hydrogens (tertiary/aromatic N) is 8. The van der Waals surface area contributed by atoms with Crippen molar-refractivity contribution in [1.29, 1.82) is 0 Å².